The summed E-state index contributed by atoms with van der Waals surface area (Å²) in [6, 6.07) is 7.63. The van der Waals surface area contributed by atoms with E-state index in [2.05, 4.69) is 0 Å². The van der Waals surface area contributed by atoms with Crippen molar-refractivity contribution < 1.29 is 9.53 Å². The molecule has 0 N–H and O–H groups in total. The molecular formula is C11H15NO2. The van der Waals surface area contributed by atoms with Crippen LogP contribution in [0.1, 0.15) is 6.92 Å². The molecular weight excluding hydrogens is 178 g/mol. The van der Waals surface area contributed by atoms with Gasteiger partial charge in [0.1, 0.15) is 11.5 Å². The lowest BCUT2D eigenvalue weighted by atomic mass is 10.2. The standard InChI is InChI=1S/C11H15NO2/c1-9(13)8-12(2)10-4-6-11(14-3)7-5-10/h4-7H,8H2,1-3H3. The molecule has 0 aliphatic heterocycles. The summed E-state index contributed by atoms with van der Waals surface area (Å²) >= 11 is 0. The molecule has 1 aromatic rings. The highest BCUT2D eigenvalue weighted by atomic mass is 16.5. The maximum Gasteiger partial charge on any atom is 0.149 e. The van der Waals surface area contributed by atoms with Crippen molar-refractivity contribution >= 4 is 11.5 Å². The molecule has 0 aliphatic rings. The molecule has 0 saturated carbocycles. The molecule has 0 amide bonds. The lowest BCUT2D eigenvalue weighted by Crippen LogP contribution is -2.23. The van der Waals surface area contributed by atoms with Gasteiger partial charge in [-0.25, -0.2) is 0 Å². The number of anilines is 1. The van der Waals surface area contributed by atoms with E-state index >= 15 is 0 Å². The van der Waals surface area contributed by atoms with Crippen molar-refractivity contribution in [1.29, 1.82) is 0 Å². The number of carbonyl (C=O) groups is 1. The minimum absolute atomic E-state index is 0.156. The Morgan fingerprint density at radius 2 is 1.93 bits per heavy atom. The predicted molar refractivity (Wildman–Crippen MR) is 56.9 cm³/mol. The van der Waals surface area contributed by atoms with Crippen molar-refractivity contribution in [3.63, 3.8) is 0 Å². The van der Waals surface area contributed by atoms with E-state index in [1.165, 1.54) is 0 Å². The summed E-state index contributed by atoms with van der Waals surface area (Å²) in [7, 11) is 3.53. The van der Waals surface area contributed by atoms with Gasteiger partial charge in [0, 0.05) is 12.7 Å². The number of carbonyl (C=O) groups excluding carboxylic acids is 1. The maximum absolute atomic E-state index is 10.9. The molecule has 0 spiro atoms. The predicted octanol–water partition coefficient (Wildman–Crippen LogP) is 1.72. The molecule has 1 aromatic carbocycles. The van der Waals surface area contributed by atoms with Crippen LogP contribution in [0.2, 0.25) is 0 Å². The number of rotatable bonds is 4. The molecule has 1 rings (SSSR count). The van der Waals surface area contributed by atoms with Crippen molar-refractivity contribution in [2.24, 2.45) is 0 Å². The maximum atomic E-state index is 10.9. The first-order valence-corrected chi connectivity index (χ1v) is 4.48. The lowest BCUT2D eigenvalue weighted by molar-refractivity contribution is -0.115. The van der Waals surface area contributed by atoms with Crippen LogP contribution in [0.5, 0.6) is 5.75 Å². The smallest absolute Gasteiger partial charge is 0.149 e. The summed E-state index contributed by atoms with van der Waals surface area (Å²) < 4.78 is 5.04. The van der Waals surface area contributed by atoms with Crippen molar-refractivity contribution in [2.75, 3.05) is 25.6 Å². The van der Waals surface area contributed by atoms with Gasteiger partial charge in [-0.05, 0) is 31.2 Å². The number of nitrogens with zero attached hydrogens (tertiary/aromatic N) is 1. The van der Waals surface area contributed by atoms with Crippen molar-refractivity contribution in [1.82, 2.24) is 0 Å². The van der Waals surface area contributed by atoms with Gasteiger partial charge in [0.15, 0.2) is 0 Å². The number of Topliss-reactive ketones (excluding diaryl/α,β-unsaturated/α-hetero) is 1. The van der Waals surface area contributed by atoms with Crippen LogP contribution in [0.4, 0.5) is 5.69 Å². The van der Waals surface area contributed by atoms with Gasteiger partial charge in [0.05, 0.1) is 13.7 Å². The number of likely N-dealkylation sites (N-methyl/N-ethyl adjacent to an activating group) is 1. The summed E-state index contributed by atoms with van der Waals surface area (Å²) in [6.45, 7) is 2.02. The van der Waals surface area contributed by atoms with Gasteiger partial charge in [-0.3, -0.25) is 4.79 Å². The van der Waals surface area contributed by atoms with Crippen LogP contribution in [0.25, 0.3) is 0 Å². The highest BCUT2D eigenvalue weighted by molar-refractivity contribution is 5.80. The van der Waals surface area contributed by atoms with E-state index in [9.17, 15) is 4.79 Å². The van der Waals surface area contributed by atoms with Gasteiger partial charge in [-0.2, -0.15) is 0 Å². The minimum Gasteiger partial charge on any atom is -0.497 e. The molecule has 14 heavy (non-hydrogen) atoms. The fraction of sp³-hybridized carbons (Fsp3) is 0.364. The van der Waals surface area contributed by atoms with Crippen LogP contribution < -0.4 is 9.64 Å². The van der Waals surface area contributed by atoms with E-state index in [0.29, 0.717) is 6.54 Å². The first kappa shape index (κ1) is 10.6. The third-order valence-corrected chi connectivity index (χ3v) is 1.97. The zero-order chi connectivity index (χ0) is 10.6. The van der Waals surface area contributed by atoms with Crippen LogP contribution >= 0.6 is 0 Å². The zero-order valence-corrected chi connectivity index (χ0v) is 8.78. The Labute approximate surface area is 84.3 Å². The average molecular weight is 193 g/mol. The van der Waals surface area contributed by atoms with E-state index in [1.54, 1.807) is 14.0 Å². The highest BCUT2D eigenvalue weighted by Crippen LogP contribution is 2.17. The second-order valence-electron chi connectivity index (χ2n) is 3.26. The second-order valence-corrected chi connectivity index (χ2v) is 3.26. The van der Waals surface area contributed by atoms with Crippen LogP contribution in [0.15, 0.2) is 24.3 Å². The fourth-order valence-electron chi connectivity index (χ4n) is 1.26. The Bertz CT molecular complexity index is 306. The third kappa shape index (κ3) is 2.76. The van der Waals surface area contributed by atoms with E-state index in [0.717, 1.165) is 11.4 Å². The normalized spacial score (nSPS) is 9.64. The first-order chi connectivity index (χ1) is 6.63. The largest absolute Gasteiger partial charge is 0.497 e. The second kappa shape index (κ2) is 4.65. The van der Waals surface area contributed by atoms with Crippen molar-refractivity contribution in [3.8, 4) is 5.75 Å². The summed E-state index contributed by atoms with van der Waals surface area (Å²) in [5.41, 5.74) is 1.01. The van der Waals surface area contributed by atoms with Gasteiger partial charge in [-0.1, -0.05) is 0 Å². The fourth-order valence-corrected chi connectivity index (χ4v) is 1.26. The minimum atomic E-state index is 0.156. The lowest BCUT2D eigenvalue weighted by Gasteiger charge is -2.17. The number of ether oxygens (including phenoxy) is 1. The van der Waals surface area contributed by atoms with Crippen LogP contribution in [0, 0.1) is 0 Å². The van der Waals surface area contributed by atoms with Gasteiger partial charge in [-0.15, -0.1) is 0 Å². The van der Waals surface area contributed by atoms with E-state index in [4.69, 9.17) is 4.74 Å². The molecule has 3 nitrogen and oxygen atoms in total. The SMILES string of the molecule is COc1ccc(N(C)CC(C)=O)cc1. The monoisotopic (exact) mass is 193 g/mol. The molecule has 0 bridgehead atoms. The molecule has 0 unspecified atom stereocenters. The Kier molecular flexibility index (Phi) is 3.51. The summed E-state index contributed by atoms with van der Waals surface area (Å²) in [4.78, 5) is 12.8. The number of hydrogen-bond donors (Lipinski definition) is 0. The Hall–Kier alpha value is -1.51. The summed E-state index contributed by atoms with van der Waals surface area (Å²) in [5, 5.41) is 0. The van der Waals surface area contributed by atoms with Crippen molar-refractivity contribution in [3.05, 3.63) is 24.3 Å². The Morgan fingerprint density at radius 1 is 1.36 bits per heavy atom. The first-order valence-electron chi connectivity index (χ1n) is 4.48. The van der Waals surface area contributed by atoms with Gasteiger partial charge >= 0.3 is 0 Å². The van der Waals surface area contributed by atoms with Crippen LogP contribution in [0.3, 0.4) is 0 Å². The molecule has 0 aliphatic carbocycles. The van der Waals surface area contributed by atoms with Gasteiger partial charge in [0.25, 0.3) is 0 Å². The van der Waals surface area contributed by atoms with Gasteiger partial charge < -0.3 is 9.64 Å². The van der Waals surface area contributed by atoms with Gasteiger partial charge in [0.2, 0.25) is 0 Å². The summed E-state index contributed by atoms with van der Waals surface area (Å²) in [5.74, 6) is 0.980. The number of hydrogen-bond acceptors (Lipinski definition) is 3. The molecule has 0 fully saturated rings. The quantitative estimate of drug-likeness (QED) is 0.729. The molecule has 0 saturated heterocycles. The highest BCUT2D eigenvalue weighted by Gasteiger charge is 2.02. The van der Waals surface area contributed by atoms with E-state index in [1.807, 2.05) is 36.2 Å². The molecule has 0 heterocycles. The summed E-state index contributed by atoms with van der Waals surface area (Å²) in [6.07, 6.45) is 0. The van der Waals surface area contributed by atoms with Crippen molar-refractivity contribution in [2.45, 2.75) is 6.92 Å². The topological polar surface area (TPSA) is 29.5 Å². The molecule has 0 aromatic heterocycles. The average Bonchev–Trinajstić information content (AvgIpc) is 2.17. The molecule has 76 valence electrons. The number of methoxy groups -OCH3 is 1. The van der Waals surface area contributed by atoms with Crippen LogP contribution in [-0.2, 0) is 4.79 Å². The zero-order valence-electron chi connectivity index (χ0n) is 8.78. The molecule has 0 radical (unpaired) electrons. The van der Waals surface area contributed by atoms with E-state index < -0.39 is 0 Å². The third-order valence-electron chi connectivity index (χ3n) is 1.97. The number of benzene rings is 1. The van der Waals surface area contributed by atoms with E-state index in [-0.39, 0.29) is 5.78 Å². The van der Waals surface area contributed by atoms with Crippen LogP contribution in [-0.4, -0.2) is 26.5 Å². The number of ketones is 1. The molecule has 0 atom stereocenters. The Morgan fingerprint density at radius 3 is 2.36 bits per heavy atom. The molecule has 3 heteroatoms. The Balaban J connectivity index is 2.71.